The molecule has 0 heterocycles. The Balaban J connectivity index is 2.02. The summed E-state index contributed by atoms with van der Waals surface area (Å²) in [6.07, 6.45) is 4.45. The molecule has 0 aromatic heterocycles. The third-order valence-corrected chi connectivity index (χ3v) is 3.46. The van der Waals surface area contributed by atoms with Gasteiger partial charge in [-0.15, -0.1) is 0 Å². The van der Waals surface area contributed by atoms with Crippen LogP contribution in [0.3, 0.4) is 0 Å². The Morgan fingerprint density at radius 3 is 2.45 bits per heavy atom. The number of carbonyl (C=O) groups excluding carboxylic acids is 1. The number of unbranched alkanes of at least 4 members (excludes halogenated alkanes) is 2. The first kappa shape index (κ1) is 16.1. The smallest absolute Gasteiger partial charge is 0.255 e. The maximum absolute atomic E-state index is 13.5. The van der Waals surface area contributed by atoms with Crippen LogP contribution in [0.2, 0.25) is 0 Å². The van der Waals surface area contributed by atoms with Gasteiger partial charge in [0.2, 0.25) is 0 Å². The Labute approximate surface area is 129 Å². The molecule has 2 aromatic rings. The Kier molecular flexibility index (Phi) is 5.64. The highest BCUT2D eigenvalue weighted by Crippen LogP contribution is 2.17. The van der Waals surface area contributed by atoms with Crippen molar-refractivity contribution in [1.29, 1.82) is 0 Å². The van der Waals surface area contributed by atoms with Gasteiger partial charge in [-0.05, 0) is 42.7 Å². The summed E-state index contributed by atoms with van der Waals surface area (Å²) in [5.74, 6) is -1.71. The van der Waals surface area contributed by atoms with Crippen LogP contribution in [0.5, 0.6) is 0 Å². The van der Waals surface area contributed by atoms with Crippen LogP contribution in [0.1, 0.15) is 42.1 Å². The molecular formula is C18H19F2NO. The van der Waals surface area contributed by atoms with E-state index in [1.165, 1.54) is 18.4 Å². The molecule has 0 aliphatic heterocycles. The standard InChI is InChI=1S/C18H19F2NO/c1-2-3-4-5-13-6-8-14(9-7-13)18(22)21-17-12-15(19)10-11-16(17)20/h6-12H,2-5H2,1H3,(H,21,22). The van der Waals surface area contributed by atoms with Gasteiger partial charge in [-0.2, -0.15) is 0 Å². The minimum Gasteiger partial charge on any atom is -0.319 e. The molecule has 1 amide bonds. The van der Waals surface area contributed by atoms with E-state index >= 15 is 0 Å². The average Bonchev–Trinajstić information content (AvgIpc) is 2.52. The zero-order valence-corrected chi connectivity index (χ0v) is 12.5. The zero-order chi connectivity index (χ0) is 15.9. The highest BCUT2D eigenvalue weighted by molar-refractivity contribution is 6.04. The molecule has 0 aliphatic rings. The van der Waals surface area contributed by atoms with Gasteiger partial charge in [0.1, 0.15) is 11.6 Å². The van der Waals surface area contributed by atoms with E-state index in [0.29, 0.717) is 5.56 Å². The van der Waals surface area contributed by atoms with Crippen molar-refractivity contribution in [2.75, 3.05) is 5.32 Å². The number of anilines is 1. The molecule has 0 spiro atoms. The highest BCUT2D eigenvalue weighted by Gasteiger charge is 2.10. The van der Waals surface area contributed by atoms with E-state index in [1.807, 2.05) is 12.1 Å². The Morgan fingerprint density at radius 2 is 1.77 bits per heavy atom. The largest absolute Gasteiger partial charge is 0.319 e. The van der Waals surface area contributed by atoms with Gasteiger partial charge < -0.3 is 5.32 Å². The first-order chi connectivity index (χ1) is 10.6. The number of aryl methyl sites for hydroxylation is 1. The number of hydrogen-bond acceptors (Lipinski definition) is 1. The molecule has 0 bridgehead atoms. The summed E-state index contributed by atoms with van der Waals surface area (Å²) >= 11 is 0. The van der Waals surface area contributed by atoms with Crippen LogP contribution in [0.25, 0.3) is 0 Å². The molecule has 22 heavy (non-hydrogen) atoms. The number of hydrogen-bond donors (Lipinski definition) is 1. The summed E-state index contributed by atoms with van der Waals surface area (Å²) in [7, 11) is 0. The van der Waals surface area contributed by atoms with Gasteiger partial charge in [-0.3, -0.25) is 4.79 Å². The molecule has 0 aliphatic carbocycles. The van der Waals surface area contributed by atoms with E-state index in [4.69, 9.17) is 0 Å². The lowest BCUT2D eigenvalue weighted by Gasteiger charge is -2.07. The Morgan fingerprint density at radius 1 is 1.05 bits per heavy atom. The van der Waals surface area contributed by atoms with Crippen molar-refractivity contribution in [3.8, 4) is 0 Å². The fourth-order valence-corrected chi connectivity index (χ4v) is 2.19. The van der Waals surface area contributed by atoms with E-state index < -0.39 is 17.5 Å². The van der Waals surface area contributed by atoms with Crippen LogP contribution >= 0.6 is 0 Å². The molecule has 4 heteroatoms. The van der Waals surface area contributed by atoms with E-state index in [0.717, 1.165) is 31.0 Å². The maximum atomic E-state index is 13.5. The highest BCUT2D eigenvalue weighted by atomic mass is 19.1. The third-order valence-electron chi connectivity index (χ3n) is 3.46. The molecule has 2 aromatic carbocycles. The van der Waals surface area contributed by atoms with Gasteiger partial charge in [0.25, 0.3) is 5.91 Å². The maximum Gasteiger partial charge on any atom is 0.255 e. The van der Waals surface area contributed by atoms with Crippen LogP contribution in [0, 0.1) is 11.6 Å². The second-order valence-electron chi connectivity index (χ2n) is 5.23. The summed E-state index contributed by atoms with van der Waals surface area (Å²) in [5.41, 5.74) is 1.43. The SMILES string of the molecule is CCCCCc1ccc(C(=O)Nc2cc(F)ccc2F)cc1. The molecule has 0 saturated carbocycles. The van der Waals surface area contributed by atoms with Crippen LogP contribution in [-0.2, 0) is 6.42 Å². The molecular weight excluding hydrogens is 284 g/mol. The van der Waals surface area contributed by atoms with E-state index in [-0.39, 0.29) is 5.69 Å². The van der Waals surface area contributed by atoms with Crippen molar-refractivity contribution in [3.05, 3.63) is 65.2 Å². The van der Waals surface area contributed by atoms with Crippen LogP contribution in [-0.4, -0.2) is 5.91 Å². The molecule has 0 radical (unpaired) electrons. The van der Waals surface area contributed by atoms with Gasteiger partial charge >= 0.3 is 0 Å². The number of carbonyl (C=O) groups is 1. The topological polar surface area (TPSA) is 29.1 Å². The molecule has 0 unspecified atom stereocenters. The molecule has 0 saturated heterocycles. The minimum absolute atomic E-state index is 0.156. The minimum atomic E-state index is -0.661. The quantitative estimate of drug-likeness (QED) is 0.752. The van der Waals surface area contributed by atoms with Gasteiger partial charge in [-0.1, -0.05) is 31.9 Å². The monoisotopic (exact) mass is 303 g/mol. The van der Waals surface area contributed by atoms with Crippen molar-refractivity contribution in [2.24, 2.45) is 0 Å². The summed E-state index contributed by atoms with van der Waals surface area (Å²) in [4.78, 5) is 12.0. The van der Waals surface area contributed by atoms with Crippen LogP contribution < -0.4 is 5.32 Å². The van der Waals surface area contributed by atoms with Gasteiger partial charge in [0.05, 0.1) is 5.69 Å². The van der Waals surface area contributed by atoms with E-state index in [9.17, 15) is 13.6 Å². The zero-order valence-electron chi connectivity index (χ0n) is 12.5. The van der Waals surface area contributed by atoms with Crippen LogP contribution in [0.4, 0.5) is 14.5 Å². The van der Waals surface area contributed by atoms with Gasteiger partial charge in [0, 0.05) is 11.6 Å². The average molecular weight is 303 g/mol. The lowest BCUT2D eigenvalue weighted by atomic mass is 10.1. The van der Waals surface area contributed by atoms with Crippen LogP contribution in [0.15, 0.2) is 42.5 Å². The Bertz CT molecular complexity index is 638. The molecule has 1 N–H and O–H groups in total. The summed E-state index contributed by atoms with van der Waals surface area (Å²) in [6, 6.07) is 10.2. The number of benzene rings is 2. The summed E-state index contributed by atoms with van der Waals surface area (Å²) in [6.45, 7) is 2.15. The first-order valence-electron chi connectivity index (χ1n) is 7.45. The molecule has 116 valence electrons. The van der Waals surface area contributed by atoms with E-state index in [1.54, 1.807) is 12.1 Å². The fraction of sp³-hybridized carbons (Fsp3) is 0.278. The lowest BCUT2D eigenvalue weighted by molar-refractivity contribution is 0.102. The number of rotatable bonds is 6. The lowest BCUT2D eigenvalue weighted by Crippen LogP contribution is -2.13. The normalized spacial score (nSPS) is 10.5. The molecule has 0 fully saturated rings. The third kappa shape index (κ3) is 4.38. The van der Waals surface area contributed by atoms with Crippen molar-refractivity contribution in [2.45, 2.75) is 32.6 Å². The molecule has 0 atom stereocenters. The predicted molar refractivity (Wildman–Crippen MR) is 84.0 cm³/mol. The molecule has 2 nitrogen and oxygen atoms in total. The Hall–Kier alpha value is -2.23. The predicted octanol–water partition coefficient (Wildman–Crippen LogP) is 4.95. The second-order valence-corrected chi connectivity index (χ2v) is 5.23. The van der Waals surface area contributed by atoms with Crippen molar-refractivity contribution < 1.29 is 13.6 Å². The van der Waals surface area contributed by atoms with Crippen molar-refractivity contribution >= 4 is 11.6 Å². The number of amides is 1. The fourth-order valence-electron chi connectivity index (χ4n) is 2.19. The number of halogens is 2. The molecule has 2 rings (SSSR count). The van der Waals surface area contributed by atoms with Crippen molar-refractivity contribution in [3.63, 3.8) is 0 Å². The van der Waals surface area contributed by atoms with Gasteiger partial charge in [0.15, 0.2) is 0 Å². The summed E-state index contributed by atoms with van der Waals surface area (Å²) < 4.78 is 26.6. The second kappa shape index (κ2) is 7.69. The van der Waals surface area contributed by atoms with Gasteiger partial charge in [-0.25, -0.2) is 8.78 Å². The first-order valence-corrected chi connectivity index (χ1v) is 7.45. The summed E-state index contributed by atoms with van der Waals surface area (Å²) in [5, 5.41) is 2.39. The van der Waals surface area contributed by atoms with Crippen molar-refractivity contribution in [1.82, 2.24) is 0 Å². The van der Waals surface area contributed by atoms with E-state index in [2.05, 4.69) is 12.2 Å². The number of nitrogens with one attached hydrogen (secondary N) is 1.